The van der Waals surface area contributed by atoms with Gasteiger partial charge >= 0.3 is 6.29 Å². The van der Waals surface area contributed by atoms with Crippen LogP contribution in [0.2, 0.25) is 0 Å². The average molecular weight is 385 g/mol. The van der Waals surface area contributed by atoms with E-state index in [9.17, 15) is 13.6 Å². The van der Waals surface area contributed by atoms with Crippen molar-refractivity contribution in [2.24, 2.45) is 0 Å². The van der Waals surface area contributed by atoms with Crippen LogP contribution in [0, 0.1) is 0 Å². The molecule has 1 saturated carbocycles. The van der Waals surface area contributed by atoms with Crippen molar-refractivity contribution in [3.63, 3.8) is 0 Å². The van der Waals surface area contributed by atoms with Gasteiger partial charge in [-0.3, -0.25) is 4.79 Å². The lowest BCUT2D eigenvalue weighted by Crippen LogP contribution is -2.26. The summed E-state index contributed by atoms with van der Waals surface area (Å²) >= 11 is 0. The Balaban J connectivity index is 0.00000205. The largest absolute Gasteiger partial charge is 0.586 e. The molecule has 3 aromatic rings. The lowest BCUT2D eigenvalue weighted by molar-refractivity contribution is -0.286. The van der Waals surface area contributed by atoms with Gasteiger partial charge in [-0.15, -0.1) is 8.78 Å². The van der Waals surface area contributed by atoms with E-state index in [4.69, 9.17) is 0 Å². The Hall–Kier alpha value is -2.89. The molecule has 1 fully saturated rings. The van der Waals surface area contributed by atoms with Crippen LogP contribution in [-0.4, -0.2) is 17.1 Å². The van der Waals surface area contributed by atoms with Crippen molar-refractivity contribution in [1.29, 1.82) is 0 Å². The number of hydrogen-bond acceptors (Lipinski definition) is 3. The molecule has 0 spiro atoms. The molecule has 0 radical (unpaired) electrons. The second-order valence-electron chi connectivity index (χ2n) is 7.58. The van der Waals surface area contributed by atoms with E-state index in [2.05, 4.69) is 27.4 Å². The van der Waals surface area contributed by atoms with Crippen LogP contribution in [-0.2, 0) is 23.1 Å². The van der Waals surface area contributed by atoms with Gasteiger partial charge < -0.3 is 14.5 Å². The van der Waals surface area contributed by atoms with Gasteiger partial charge in [0.05, 0.1) is 5.41 Å². The molecule has 1 aromatic heterocycles. The molecule has 0 amide bonds. The third-order valence-electron chi connectivity index (χ3n) is 5.72. The van der Waals surface area contributed by atoms with Crippen molar-refractivity contribution < 1.29 is 24.5 Å². The van der Waals surface area contributed by atoms with Crippen LogP contribution in [0.25, 0.3) is 10.9 Å². The van der Waals surface area contributed by atoms with E-state index in [1.54, 1.807) is 6.07 Å². The van der Waals surface area contributed by atoms with Crippen molar-refractivity contribution >= 4 is 16.7 Å². The van der Waals surface area contributed by atoms with Crippen LogP contribution >= 0.6 is 0 Å². The molecule has 5 rings (SSSR count). The Morgan fingerprint density at radius 1 is 1.11 bits per heavy atom. The van der Waals surface area contributed by atoms with E-state index in [1.165, 1.54) is 12.1 Å². The van der Waals surface area contributed by atoms with Crippen molar-refractivity contribution in [2.45, 2.75) is 44.3 Å². The maximum atomic E-state index is 13.3. The fraction of sp³-hybridized carbons (Fsp3) is 0.318. The Labute approximate surface area is 161 Å². The number of carbonyl (C=O) groups excluding carboxylic acids is 1. The quantitative estimate of drug-likeness (QED) is 0.662. The molecule has 1 aliphatic heterocycles. The number of aromatic nitrogens is 1. The normalized spacial score (nSPS) is 18.4. The molecule has 28 heavy (non-hydrogen) atoms. The van der Waals surface area contributed by atoms with Crippen molar-refractivity contribution in [3.8, 4) is 11.5 Å². The number of carbonyl (C=O) groups is 1. The summed E-state index contributed by atoms with van der Waals surface area (Å²) in [6, 6.07) is 12.8. The molecule has 0 bridgehead atoms. The molecule has 2 aliphatic rings. The fourth-order valence-corrected chi connectivity index (χ4v) is 4.00. The molecule has 1 aliphatic carbocycles. The van der Waals surface area contributed by atoms with Crippen LogP contribution in [0.4, 0.5) is 8.78 Å². The molecule has 2 heterocycles. The zero-order valence-corrected chi connectivity index (χ0v) is 15.4. The standard InChI is InChI=1S/C22H19F2NO3.H2/c1-2-16-11-14-9-13(3-5-17(14)25-16)10-20(26)21(7-8-21)15-4-6-18-19(12-15)28-22(23,24)27-18;/h3-6,9,11-12,25H,2,7-8,10H2,1H3;1H. The van der Waals surface area contributed by atoms with Gasteiger partial charge in [-0.2, -0.15) is 0 Å². The topological polar surface area (TPSA) is 51.3 Å². The number of nitrogens with one attached hydrogen (secondary N) is 1. The summed E-state index contributed by atoms with van der Waals surface area (Å²) in [7, 11) is 0. The van der Waals surface area contributed by atoms with Crippen molar-refractivity contribution in [2.75, 3.05) is 0 Å². The zero-order chi connectivity index (χ0) is 19.5. The van der Waals surface area contributed by atoms with Gasteiger partial charge in [0, 0.05) is 19.1 Å². The van der Waals surface area contributed by atoms with Crippen molar-refractivity contribution in [1.82, 2.24) is 4.98 Å². The van der Waals surface area contributed by atoms with Gasteiger partial charge in [0.1, 0.15) is 5.78 Å². The molecule has 0 atom stereocenters. The first-order chi connectivity index (χ1) is 13.4. The number of alkyl halides is 2. The number of aryl methyl sites for hydroxylation is 1. The van der Waals surface area contributed by atoms with Crippen LogP contribution in [0.3, 0.4) is 0 Å². The van der Waals surface area contributed by atoms with Gasteiger partial charge in [0.25, 0.3) is 0 Å². The summed E-state index contributed by atoms with van der Waals surface area (Å²) in [5.41, 5.74) is 3.28. The summed E-state index contributed by atoms with van der Waals surface area (Å²) in [4.78, 5) is 16.4. The number of H-pyrrole nitrogens is 1. The van der Waals surface area contributed by atoms with E-state index in [0.717, 1.165) is 28.6 Å². The Bertz CT molecular complexity index is 1100. The molecule has 4 nitrogen and oxygen atoms in total. The Morgan fingerprint density at radius 3 is 2.64 bits per heavy atom. The highest BCUT2D eigenvalue weighted by Gasteiger charge is 2.52. The van der Waals surface area contributed by atoms with Gasteiger partial charge in [-0.05, 0) is 66.1 Å². The number of Topliss-reactive ketones (excluding diaryl/α,β-unsaturated/α-hetero) is 1. The highest BCUT2D eigenvalue weighted by molar-refractivity contribution is 5.95. The van der Waals surface area contributed by atoms with E-state index < -0.39 is 11.7 Å². The average Bonchev–Trinajstić information content (AvgIpc) is 3.26. The minimum atomic E-state index is -3.65. The molecule has 1 N–H and O–H groups in total. The molecular weight excluding hydrogens is 364 g/mol. The predicted octanol–water partition coefficient (Wildman–Crippen LogP) is 5.14. The fourth-order valence-electron chi connectivity index (χ4n) is 4.00. The first-order valence-corrected chi connectivity index (χ1v) is 9.43. The monoisotopic (exact) mass is 385 g/mol. The number of hydrogen-bond donors (Lipinski definition) is 1. The van der Waals surface area contributed by atoms with Crippen LogP contribution in [0.15, 0.2) is 42.5 Å². The van der Waals surface area contributed by atoms with Crippen molar-refractivity contribution in [3.05, 3.63) is 59.3 Å². The first-order valence-electron chi connectivity index (χ1n) is 9.43. The SMILES string of the molecule is CCc1cc2cc(CC(=O)C3(c4ccc5c(c4)OC(F)(F)O5)CC3)ccc2[nH]1.[HH]. The number of fused-ring (bicyclic) bond motifs is 2. The van der Waals surface area contributed by atoms with Crippen LogP contribution in [0.5, 0.6) is 11.5 Å². The summed E-state index contributed by atoms with van der Waals surface area (Å²) in [6.45, 7) is 2.09. The number of rotatable bonds is 5. The second kappa shape index (κ2) is 5.80. The summed E-state index contributed by atoms with van der Waals surface area (Å²) in [6.07, 6.45) is -0.976. The van der Waals surface area contributed by atoms with Gasteiger partial charge in [-0.25, -0.2) is 0 Å². The molecule has 0 saturated heterocycles. The Kier molecular flexibility index (Phi) is 3.57. The van der Waals surface area contributed by atoms with E-state index in [0.29, 0.717) is 24.8 Å². The number of aromatic amines is 1. The van der Waals surface area contributed by atoms with E-state index in [-0.39, 0.29) is 18.7 Å². The zero-order valence-electron chi connectivity index (χ0n) is 15.4. The smallest absolute Gasteiger partial charge is 0.395 e. The Morgan fingerprint density at radius 2 is 1.89 bits per heavy atom. The lowest BCUT2D eigenvalue weighted by Gasteiger charge is -2.15. The molecule has 146 valence electrons. The number of benzene rings is 2. The van der Waals surface area contributed by atoms with Gasteiger partial charge in [0.2, 0.25) is 0 Å². The molecule has 6 heteroatoms. The number of ether oxygens (including phenoxy) is 2. The van der Waals surface area contributed by atoms with E-state index >= 15 is 0 Å². The highest BCUT2D eigenvalue weighted by Crippen LogP contribution is 2.52. The summed E-state index contributed by atoms with van der Waals surface area (Å²) < 4.78 is 35.5. The highest BCUT2D eigenvalue weighted by atomic mass is 19.3. The van der Waals surface area contributed by atoms with E-state index in [1.807, 2.05) is 18.2 Å². The third kappa shape index (κ3) is 2.75. The van der Waals surface area contributed by atoms with Crippen LogP contribution < -0.4 is 9.47 Å². The molecular formula is C22H21F2NO3. The molecule has 0 unspecified atom stereocenters. The summed E-state index contributed by atoms with van der Waals surface area (Å²) in [5.74, 6) is 0.0905. The predicted molar refractivity (Wildman–Crippen MR) is 102 cm³/mol. The number of ketones is 1. The van der Waals surface area contributed by atoms with Crippen LogP contribution in [0.1, 0.15) is 38.0 Å². The number of halogens is 2. The minimum Gasteiger partial charge on any atom is -0.395 e. The van der Waals surface area contributed by atoms with Gasteiger partial charge in [0.15, 0.2) is 11.5 Å². The maximum absolute atomic E-state index is 13.3. The van der Waals surface area contributed by atoms with Gasteiger partial charge in [-0.1, -0.05) is 19.1 Å². The minimum absolute atomic E-state index is 0. The maximum Gasteiger partial charge on any atom is 0.586 e. The lowest BCUT2D eigenvalue weighted by atomic mass is 9.87. The molecule has 2 aromatic carbocycles. The second-order valence-corrected chi connectivity index (χ2v) is 7.58. The third-order valence-corrected chi connectivity index (χ3v) is 5.72. The first kappa shape index (κ1) is 17.2. The summed E-state index contributed by atoms with van der Waals surface area (Å²) in [5, 5.41) is 1.09.